The van der Waals surface area contributed by atoms with Crippen molar-refractivity contribution < 1.29 is 0 Å². The SMILES string of the molecule is Bc1ccc(-c2ccc3c4ccccc4n(-c4ccccc4)c3c2)cc1. The van der Waals surface area contributed by atoms with Gasteiger partial charge >= 0.3 is 0 Å². The summed E-state index contributed by atoms with van der Waals surface area (Å²) < 4.78 is 2.36. The second kappa shape index (κ2) is 5.92. The fraction of sp³-hybridized carbons (Fsp3) is 0. The molecule has 0 N–H and O–H groups in total. The molecule has 0 radical (unpaired) electrons. The van der Waals surface area contributed by atoms with Gasteiger partial charge in [0.05, 0.1) is 11.0 Å². The Morgan fingerprint density at radius 1 is 0.538 bits per heavy atom. The Morgan fingerprint density at radius 2 is 1.19 bits per heavy atom. The highest BCUT2D eigenvalue weighted by atomic mass is 15.0. The average molecular weight is 331 g/mol. The normalized spacial score (nSPS) is 11.2. The molecule has 0 bridgehead atoms. The predicted octanol–water partition coefficient (Wildman–Crippen LogP) is 4.71. The smallest absolute Gasteiger partial charge is 0.139 e. The molecule has 5 rings (SSSR count). The molecule has 26 heavy (non-hydrogen) atoms. The van der Waals surface area contributed by atoms with Crippen LogP contribution in [0.15, 0.2) is 97.1 Å². The maximum atomic E-state index is 2.36. The summed E-state index contributed by atoms with van der Waals surface area (Å²) in [5.74, 6) is 0. The fourth-order valence-electron chi connectivity index (χ4n) is 3.75. The summed E-state index contributed by atoms with van der Waals surface area (Å²) in [6, 6.07) is 34.8. The largest absolute Gasteiger partial charge is 0.309 e. The van der Waals surface area contributed by atoms with Crippen LogP contribution in [0.5, 0.6) is 0 Å². The van der Waals surface area contributed by atoms with Gasteiger partial charge in [-0.1, -0.05) is 78.3 Å². The van der Waals surface area contributed by atoms with Crippen molar-refractivity contribution in [3.63, 3.8) is 0 Å². The zero-order chi connectivity index (χ0) is 17.5. The van der Waals surface area contributed by atoms with Crippen LogP contribution in [-0.2, 0) is 0 Å². The molecular formula is C24H18BN. The lowest BCUT2D eigenvalue weighted by atomic mass is 9.93. The molecule has 0 aliphatic carbocycles. The lowest BCUT2D eigenvalue weighted by Gasteiger charge is -2.09. The van der Waals surface area contributed by atoms with E-state index in [0.717, 1.165) is 0 Å². The molecule has 2 heteroatoms. The van der Waals surface area contributed by atoms with Gasteiger partial charge in [0.1, 0.15) is 7.85 Å². The van der Waals surface area contributed by atoms with E-state index in [0.29, 0.717) is 0 Å². The van der Waals surface area contributed by atoms with Crippen molar-refractivity contribution in [1.29, 1.82) is 0 Å². The van der Waals surface area contributed by atoms with E-state index >= 15 is 0 Å². The molecule has 1 aromatic heterocycles. The van der Waals surface area contributed by atoms with Crippen molar-refractivity contribution in [3.05, 3.63) is 97.1 Å². The van der Waals surface area contributed by atoms with Crippen molar-refractivity contribution in [2.45, 2.75) is 0 Å². The summed E-state index contributed by atoms with van der Waals surface area (Å²) in [6.07, 6.45) is 0. The minimum Gasteiger partial charge on any atom is -0.309 e. The Hall–Kier alpha value is -3.26. The summed E-state index contributed by atoms with van der Waals surface area (Å²) >= 11 is 0. The average Bonchev–Trinajstić information content (AvgIpc) is 3.03. The van der Waals surface area contributed by atoms with E-state index in [9.17, 15) is 0 Å². The first kappa shape index (κ1) is 15.0. The number of para-hydroxylation sites is 2. The van der Waals surface area contributed by atoms with E-state index in [4.69, 9.17) is 0 Å². The number of aromatic nitrogens is 1. The lowest BCUT2D eigenvalue weighted by molar-refractivity contribution is 1.18. The first-order valence-electron chi connectivity index (χ1n) is 8.97. The van der Waals surface area contributed by atoms with Gasteiger partial charge in [0.25, 0.3) is 0 Å². The molecule has 0 spiro atoms. The molecule has 0 saturated heterocycles. The van der Waals surface area contributed by atoms with Crippen LogP contribution in [0.4, 0.5) is 0 Å². The molecule has 0 unspecified atom stereocenters. The maximum absolute atomic E-state index is 2.36. The van der Waals surface area contributed by atoms with E-state index < -0.39 is 0 Å². The number of benzene rings is 4. The molecule has 0 aliphatic heterocycles. The highest BCUT2D eigenvalue weighted by Crippen LogP contribution is 2.34. The molecule has 0 aliphatic rings. The van der Waals surface area contributed by atoms with Crippen LogP contribution in [0.25, 0.3) is 38.6 Å². The summed E-state index contributed by atoms with van der Waals surface area (Å²) in [4.78, 5) is 0. The van der Waals surface area contributed by atoms with Gasteiger partial charge in [0, 0.05) is 16.5 Å². The van der Waals surface area contributed by atoms with Crippen molar-refractivity contribution >= 4 is 35.1 Å². The third-order valence-electron chi connectivity index (χ3n) is 5.07. The standard InChI is InChI=1S/C24H18BN/c25-19-13-10-17(11-14-19)18-12-15-22-21-8-4-5-9-23(21)26(24(22)16-18)20-6-2-1-3-7-20/h1-16H,25H2. The van der Waals surface area contributed by atoms with E-state index in [1.54, 1.807) is 0 Å². The predicted molar refractivity (Wildman–Crippen MR) is 114 cm³/mol. The Kier molecular flexibility index (Phi) is 3.43. The van der Waals surface area contributed by atoms with Gasteiger partial charge in [0.2, 0.25) is 0 Å². The molecular weight excluding hydrogens is 313 g/mol. The van der Waals surface area contributed by atoms with Crippen molar-refractivity contribution in [2.24, 2.45) is 0 Å². The van der Waals surface area contributed by atoms with E-state index in [-0.39, 0.29) is 0 Å². The maximum Gasteiger partial charge on any atom is 0.139 e. The molecule has 0 saturated carbocycles. The van der Waals surface area contributed by atoms with Gasteiger partial charge < -0.3 is 4.57 Å². The summed E-state index contributed by atoms with van der Waals surface area (Å²) in [7, 11) is 2.13. The molecule has 5 aromatic rings. The van der Waals surface area contributed by atoms with Crippen molar-refractivity contribution in [3.8, 4) is 16.8 Å². The molecule has 0 atom stereocenters. The van der Waals surface area contributed by atoms with Crippen LogP contribution in [0.2, 0.25) is 0 Å². The van der Waals surface area contributed by atoms with E-state index in [2.05, 4.69) is 109 Å². The third kappa shape index (κ3) is 2.34. The first-order valence-corrected chi connectivity index (χ1v) is 8.97. The topological polar surface area (TPSA) is 4.93 Å². The summed E-state index contributed by atoms with van der Waals surface area (Å²) in [5, 5.41) is 2.59. The molecule has 0 amide bonds. The minimum atomic E-state index is 1.19. The number of nitrogens with zero attached hydrogens (tertiary/aromatic N) is 1. The number of hydrogen-bond donors (Lipinski definition) is 0. The van der Waals surface area contributed by atoms with Crippen molar-refractivity contribution in [2.75, 3.05) is 0 Å². The van der Waals surface area contributed by atoms with Gasteiger partial charge in [-0.15, -0.1) is 0 Å². The van der Waals surface area contributed by atoms with Gasteiger partial charge in [0.15, 0.2) is 0 Å². The van der Waals surface area contributed by atoms with Crippen LogP contribution >= 0.6 is 0 Å². The Morgan fingerprint density at radius 3 is 2.00 bits per heavy atom. The zero-order valence-corrected chi connectivity index (χ0v) is 14.7. The van der Waals surface area contributed by atoms with Crippen LogP contribution < -0.4 is 5.46 Å². The van der Waals surface area contributed by atoms with E-state index in [1.165, 1.54) is 44.1 Å². The second-order valence-corrected chi connectivity index (χ2v) is 6.79. The summed E-state index contributed by atoms with van der Waals surface area (Å²) in [6.45, 7) is 0. The van der Waals surface area contributed by atoms with Gasteiger partial charge in [-0.2, -0.15) is 0 Å². The van der Waals surface area contributed by atoms with Crippen LogP contribution in [0.3, 0.4) is 0 Å². The molecule has 0 fully saturated rings. The Bertz CT molecular complexity index is 1220. The number of fused-ring (bicyclic) bond motifs is 3. The fourth-order valence-corrected chi connectivity index (χ4v) is 3.75. The highest BCUT2D eigenvalue weighted by Gasteiger charge is 2.12. The van der Waals surface area contributed by atoms with Gasteiger partial charge in [-0.3, -0.25) is 0 Å². The highest BCUT2D eigenvalue weighted by molar-refractivity contribution is 6.32. The Balaban J connectivity index is 1.85. The molecule has 1 heterocycles. The third-order valence-corrected chi connectivity index (χ3v) is 5.07. The molecule has 1 nitrogen and oxygen atoms in total. The monoisotopic (exact) mass is 331 g/mol. The molecule has 122 valence electrons. The van der Waals surface area contributed by atoms with Crippen LogP contribution in [-0.4, -0.2) is 12.4 Å². The van der Waals surface area contributed by atoms with Crippen LogP contribution in [0, 0.1) is 0 Å². The van der Waals surface area contributed by atoms with Crippen molar-refractivity contribution in [1.82, 2.24) is 4.57 Å². The van der Waals surface area contributed by atoms with Crippen LogP contribution in [0.1, 0.15) is 0 Å². The van der Waals surface area contributed by atoms with E-state index in [1.807, 2.05) is 0 Å². The first-order chi connectivity index (χ1) is 12.8. The number of hydrogen-bond acceptors (Lipinski definition) is 0. The summed E-state index contributed by atoms with van der Waals surface area (Å²) in [5.41, 5.74) is 7.47. The lowest BCUT2D eigenvalue weighted by Crippen LogP contribution is -1.99. The Labute approximate surface area is 153 Å². The molecule has 4 aromatic carbocycles. The quantitative estimate of drug-likeness (QED) is 0.413. The minimum absolute atomic E-state index is 1.19. The number of rotatable bonds is 2. The second-order valence-electron chi connectivity index (χ2n) is 6.79. The zero-order valence-electron chi connectivity index (χ0n) is 14.7. The van der Waals surface area contributed by atoms with Gasteiger partial charge in [-0.25, -0.2) is 0 Å². The van der Waals surface area contributed by atoms with Gasteiger partial charge in [-0.05, 0) is 35.4 Å².